The Bertz CT molecular complexity index is 402. The maximum atomic E-state index is 12.1. The van der Waals surface area contributed by atoms with E-state index in [9.17, 15) is 4.79 Å². The summed E-state index contributed by atoms with van der Waals surface area (Å²) in [4.78, 5) is 12.1. The van der Waals surface area contributed by atoms with E-state index in [4.69, 9.17) is 0 Å². The molecule has 0 saturated carbocycles. The summed E-state index contributed by atoms with van der Waals surface area (Å²) >= 11 is 0. The highest BCUT2D eigenvalue weighted by atomic mass is 16.1. The molecular weight excluding hydrogens is 224 g/mol. The fourth-order valence-electron chi connectivity index (χ4n) is 2.52. The SMILES string of the molecule is Cc1cc(C)cc(C(=O)NCC2CCCCN2)c1. The molecule has 0 bridgehead atoms. The minimum atomic E-state index is 0.0363. The molecule has 0 radical (unpaired) electrons. The standard InChI is InChI=1S/C15H22N2O/c1-11-7-12(2)9-13(8-11)15(18)17-10-14-5-3-4-6-16-14/h7-9,14,16H,3-6,10H2,1-2H3,(H,17,18). The first kappa shape index (κ1) is 13.1. The Labute approximate surface area is 109 Å². The van der Waals surface area contributed by atoms with Crippen molar-refractivity contribution in [2.75, 3.05) is 13.1 Å². The van der Waals surface area contributed by atoms with Crippen molar-refractivity contribution in [3.8, 4) is 0 Å². The molecule has 3 heteroatoms. The van der Waals surface area contributed by atoms with Crippen LogP contribution < -0.4 is 10.6 Å². The van der Waals surface area contributed by atoms with Gasteiger partial charge < -0.3 is 10.6 Å². The highest BCUT2D eigenvalue weighted by Crippen LogP contribution is 2.09. The molecule has 1 amide bonds. The van der Waals surface area contributed by atoms with Crippen LogP contribution >= 0.6 is 0 Å². The molecule has 1 atom stereocenters. The van der Waals surface area contributed by atoms with Crippen LogP contribution in [0.2, 0.25) is 0 Å². The normalized spacial score (nSPS) is 19.6. The molecule has 0 aliphatic carbocycles. The van der Waals surface area contributed by atoms with Gasteiger partial charge in [-0.2, -0.15) is 0 Å². The third-order valence-corrected chi connectivity index (χ3v) is 3.41. The summed E-state index contributed by atoms with van der Waals surface area (Å²) in [6.45, 7) is 5.84. The number of benzene rings is 1. The van der Waals surface area contributed by atoms with Crippen molar-refractivity contribution in [3.05, 3.63) is 34.9 Å². The molecule has 3 nitrogen and oxygen atoms in total. The zero-order valence-electron chi connectivity index (χ0n) is 11.3. The number of hydrogen-bond donors (Lipinski definition) is 2. The number of rotatable bonds is 3. The molecule has 0 spiro atoms. The van der Waals surface area contributed by atoms with Crippen LogP contribution in [0.5, 0.6) is 0 Å². The van der Waals surface area contributed by atoms with Crippen LogP contribution in [0.3, 0.4) is 0 Å². The van der Waals surface area contributed by atoms with Gasteiger partial charge in [0.2, 0.25) is 0 Å². The van der Waals surface area contributed by atoms with Crippen LogP contribution in [0.4, 0.5) is 0 Å². The van der Waals surface area contributed by atoms with Crippen LogP contribution in [0.15, 0.2) is 18.2 Å². The number of hydrogen-bond acceptors (Lipinski definition) is 2. The summed E-state index contributed by atoms with van der Waals surface area (Å²) in [6.07, 6.45) is 3.67. The number of amides is 1. The van der Waals surface area contributed by atoms with E-state index in [1.165, 1.54) is 12.8 Å². The van der Waals surface area contributed by atoms with E-state index in [0.717, 1.165) is 36.2 Å². The van der Waals surface area contributed by atoms with E-state index in [-0.39, 0.29) is 5.91 Å². The van der Waals surface area contributed by atoms with E-state index in [1.807, 2.05) is 26.0 Å². The van der Waals surface area contributed by atoms with E-state index in [0.29, 0.717) is 6.04 Å². The second kappa shape index (κ2) is 6.01. The van der Waals surface area contributed by atoms with Gasteiger partial charge in [0.05, 0.1) is 0 Å². The van der Waals surface area contributed by atoms with Crippen molar-refractivity contribution in [2.24, 2.45) is 0 Å². The summed E-state index contributed by atoms with van der Waals surface area (Å²) in [7, 11) is 0. The van der Waals surface area contributed by atoms with Crippen LogP contribution in [-0.2, 0) is 0 Å². The minimum Gasteiger partial charge on any atom is -0.350 e. The van der Waals surface area contributed by atoms with Crippen LogP contribution in [0, 0.1) is 13.8 Å². The molecule has 1 aromatic rings. The molecule has 1 aliphatic rings. The summed E-state index contributed by atoms with van der Waals surface area (Å²) in [5, 5.41) is 6.46. The monoisotopic (exact) mass is 246 g/mol. The number of aryl methyl sites for hydroxylation is 2. The van der Waals surface area contributed by atoms with Gasteiger partial charge in [0, 0.05) is 18.2 Å². The third-order valence-electron chi connectivity index (χ3n) is 3.41. The molecule has 18 heavy (non-hydrogen) atoms. The fraction of sp³-hybridized carbons (Fsp3) is 0.533. The van der Waals surface area contributed by atoms with Gasteiger partial charge in [-0.25, -0.2) is 0 Å². The van der Waals surface area contributed by atoms with Crippen molar-refractivity contribution < 1.29 is 4.79 Å². The molecule has 98 valence electrons. The molecule has 0 aromatic heterocycles. The highest BCUT2D eigenvalue weighted by Gasteiger charge is 2.14. The first-order valence-electron chi connectivity index (χ1n) is 6.75. The average molecular weight is 246 g/mol. The smallest absolute Gasteiger partial charge is 0.251 e. The highest BCUT2D eigenvalue weighted by molar-refractivity contribution is 5.94. The molecular formula is C15H22N2O. The summed E-state index contributed by atoms with van der Waals surface area (Å²) in [6, 6.07) is 6.40. The number of carbonyl (C=O) groups excluding carboxylic acids is 1. The number of carbonyl (C=O) groups is 1. The molecule has 1 saturated heterocycles. The lowest BCUT2D eigenvalue weighted by atomic mass is 10.0. The second-order valence-electron chi connectivity index (χ2n) is 5.23. The Balaban J connectivity index is 1.90. The van der Waals surface area contributed by atoms with Crippen molar-refractivity contribution in [3.63, 3.8) is 0 Å². The molecule has 1 aliphatic heterocycles. The van der Waals surface area contributed by atoms with Crippen molar-refractivity contribution in [1.29, 1.82) is 0 Å². The molecule has 2 N–H and O–H groups in total. The van der Waals surface area contributed by atoms with Gasteiger partial charge in [0.15, 0.2) is 0 Å². The first-order valence-corrected chi connectivity index (χ1v) is 6.75. The third kappa shape index (κ3) is 3.57. The quantitative estimate of drug-likeness (QED) is 0.858. The fourth-order valence-corrected chi connectivity index (χ4v) is 2.52. The van der Waals surface area contributed by atoms with Crippen molar-refractivity contribution >= 4 is 5.91 Å². The largest absolute Gasteiger partial charge is 0.350 e. The average Bonchev–Trinajstić information content (AvgIpc) is 2.36. The Morgan fingerprint density at radius 3 is 2.61 bits per heavy atom. The van der Waals surface area contributed by atoms with Crippen molar-refractivity contribution in [2.45, 2.75) is 39.2 Å². The Hall–Kier alpha value is -1.35. The summed E-state index contributed by atoms with van der Waals surface area (Å²) in [5.74, 6) is 0.0363. The Morgan fingerprint density at radius 1 is 1.28 bits per heavy atom. The minimum absolute atomic E-state index is 0.0363. The molecule has 1 heterocycles. The molecule has 1 aromatic carbocycles. The van der Waals surface area contributed by atoms with Gasteiger partial charge in [0.1, 0.15) is 0 Å². The van der Waals surface area contributed by atoms with Crippen LogP contribution in [-0.4, -0.2) is 25.0 Å². The lowest BCUT2D eigenvalue weighted by Gasteiger charge is -2.23. The lowest BCUT2D eigenvalue weighted by molar-refractivity contribution is 0.0947. The number of nitrogens with one attached hydrogen (secondary N) is 2. The first-order chi connectivity index (χ1) is 8.65. The molecule has 1 unspecified atom stereocenters. The van der Waals surface area contributed by atoms with Gasteiger partial charge in [-0.15, -0.1) is 0 Å². The van der Waals surface area contributed by atoms with E-state index >= 15 is 0 Å². The van der Waals surface area contributed by atoms with Gasteiger partial charge in [0.25, 0.3) is 5.91 Å². The van der Waals surface area contributed by atoms with Gasteiger partial charge in [-0.3, -0.25) is 4.79 Å². The van der Waals surface area contributed by atoms with Gasteiger partial charge >= 0.3 is 0 Å². The molecule has 2 rings (SSSR count). The Kier molecular flexibility index (Phi) is 4.37. The maximum Gasteiger partial charge on any atom is 0.251 e. The van der Waals surface area contributed by atoms with E-state index in [1.54, 1.807) is 0 Å². The predicted octanol–water partition coefficient (Wildman–Crippen LogP) is 2.18. The van der Waals surface area contributed by atoms with Gasteiger partial charge in [-0.05, 0) is 45.4 Å². The summed E-state index contributed by atoms with van der Waals surface area (Å²) < 4.78 is 0. The van der Waals surface area contributed by atoms with Crippen LogP contribution in [0.25, 0.3) is 0 Å². The maximum absolute atomic E-state index is 12.1. The lowest BCUT2D eigenvalue weighted by Crippen LogP contribution is -2.43. The van der Waals surface area contributed by atoms with Crippen molar-refractivity contribution in [1.82, 2.24) is 10.6 Å². The molecule has 1 fully saturated rings. The van der Waals surface area contributed by atoms with E-state index < -0.39 is 0 Å². The summed E-state index contributed by atoms with van der Waals surface area (Å²) in [5.41, 5.74) is 3.04. The topological polar surface area (TPSA) is 41.1 Å². The predicted molar refractivity (Wildman–Crippen MR) is 73.9 cm³/mol. The zero-order valence-corrected chi connectivity index (χ0v) is 11.3. The van der Waals surface area contributed by atoms with E-state index in [2.05, 4.69) is 16.7 Å². The second-order valence-corrected chi connectivity index (χ2v) is 5.23. The number of piperidine rings is 1. The Morgan fingerprint density at radius 2 is 2.00 bits per heavy atom. The van der Waals surface area contributed by atoms with Crippen LogP contribution in [0.1, 0.15) is 40.7 Å². The zero-order chi connectivity index (χ0) is 13.0. The van der Waals surface area contributed by atoms with Gasteiger partial charge in [-0.1, -0.05) is 23.6 Å².